The van der Waals surface area contributed by atoms with Crippen molar-refractivity contribution in [1.82, 2.24) is 4.90 Å². The Balaban J connectivity index is 2.74. The Morgan fingerprint density at radius 2 is 2.11 bits per heavy atom. The zero-order valence-corrected chi connectivity index (χ0v) is 6.55. The summed E-state index contributed by atoms with van der Waals surface area (Å²) in [6.07, 6.45) is 2.00. The van der Waals surface area contributed by atoms with Crippen LogP contribution in [0.15, 0.2) is 4.99 Å². The zero-order chi connectivity index (χ0) is 7.07. The van der Waals surface area contributed by atoms with Gasteiger partial charge in [-0.2, -0.15) is 0 Å². The second-order valence-corrected chi connectivity index (χ2v) is 3.12. The Labute approximate surface area is 56.6 Å². The van der Waals surface area contributed by atoms with Crippen LogP contribution in [0.2, 0.25) is 0 Å². The molecule has 0 saturated heterocycles. The highest BCUT2D eigenvalue weighted by Gasteiger charge is 2.29. The van der Waals surface area contributed by atoms with Crippen molar-refractivity contribution in [3.05, 3.63) is 0 Å². The van der Waals surface area contributed by atoms with Crippen molar-refractivity contribution in [2.75, 3.05) is 7.05 Å². The molecule has 0 saturated carbocycles. The Morgan fingerprint density at radius 3 is 2.22 bits per heavy atom. The van der Waals surface area contributed by atoms with E-state index in [1.54, 1.807) is 0 Å². The van der Waals surface area contributed by atoms with Crippen LogP contribution in [-0.4, -0.2) is 29.9 Å². The third kappa shape index (κ3) is 0.990. The SMILES string of the molecule is CC1C=NC(C)(C)N1C. The highest BCUT2D eigenvalue weighted by atomic mass is 15.3. The molecule has 1 heterocycles. The standard InChI is InChI=1S/C7H14N2/c1-6-5-8-7(2,3)9(6)4/h5-6H,1-4H3. The van der Waals surface area contributed by atoms with Gasteiger partial charge in [0.2, 0.25) is 0 Å². The first-order valence-corrected chi connectivity index (χ1v) is 3.32. The van der Waals surface area contributed by atoms with Crippen molar-refractivity contribution in [3.63, 3.8) is 0 Å². The molecule has 0 fully saturated rings. The van der Waals surface area contributed by atoms with Crippen molar-refractivity contribution in [3.8, 4) is 0 Å². The first-order chi connectivity index (χ1) is 4.04. The topological polar surface area (TPSA) is 15.6 Å². The van der Waals surface area contributed by atoms with Crippen LogP contribution in [0.25, 0.3) is 0 Å². The molecular formula is C7H14N2. The molecule has 0 aliphatic carbocycles. The number of hydrogen-bond donors (Lipinski definition) is 0. The molecule has 9 heavy (non-hydrogen) atoms. The molecule has 52 valence electrons. The van der Waals surface area contributed by atoms with E-state index in [1.165, 1.54) is 0 Å². The maximum Gasteiger partial charge on any atom is 0.107 e. The van der Waals surface area contributed by atoms with E-state index in [9.17, 15) is 0 Å². The van der Waals surface area contributed by atoms with Gasteiger partial charge < -0.3 is 0 Å². The van der Waals surface area contributed by atoms with Gasteiger partial charge in [-0.3, -0.25) is 9.89 Å². The smallest absolute Gasteiger partial charge is 0.107 e. The summed E-state index contributed by atoms with van der Waals surface area (Å²) < 4.78 is 0. The molecule has 2 nitrogen and oxygen atoms in total. The predicted molar refractivity (Wildman–Crippen MR) is 39.8 cm³/mol. The van der Waals surface area contributed by atoms with Crippen molar-refractivity contribution in [2.45, 2.75) is 32.5 Å². The van der Waals surface area contributed by atoms with Crippen LogP contribution < -0.4 is 0 Å². The lowest BCUT2D eigenvalue weighted by atomic mass is 10.2. The summed E-state index contributed by atoms with van der Waals surface area (Å²) in [5, 5.41) is 0. The normalized spacial score (nSPS) is 33.6. The second kappa shape index (κ2) is 1.81. The lowest BCUT2D eigenvalue weighted by Crippen LogP contribution is -2.39. The molecule has 0 aromatic heterocycles. The fraction of sp³-hybridized carbons (Fsp3) is 0.857. The van der Waals surface area contributed by atoms with E-state index in [2.05, 4.69) is 37.7 Å². The minimum absolute atomic E-state index is 0.0272. The van der Waals surface area contributed by atoms with Gasteiger partial charge in [-0.05, 0) is 27.8 Å². The summed E-state index contributed by atoms with van der Waals surface area (Å²) in [6.45, 7) is 6.39. The van der Waals surface area contributed by atoms with Gasteiger partial charge in [-0.25, -0.2) is 0 Å². The minimum Gasteiger partial charge on any atom is -0.275 e. The van der Waals surface area contributed by atoms with Crippen LogP contribution in [0.3, 0.4) is 0 Å². The van der Waals surface area contributed by atoms with Crippen LogP contribution in [0, 0.1) is 0 Å². The zero-order valence-electron chi connectivity index (χ0n) is 6.55. The Bertz CT molecular complexity index is 138. The summed E-state index contributed by atoms with van der Waals surface area (Å²) in [7, 11) is 2.09. The van der Waals surface area contributed by atoms with Crippen molar-refractivity contribution in [2.24, 2.45) is 4.99 Å². The fourth-order valence-electron chi connectivity index (χ4n) is 0.980. The van der Waals surface area contributed by atoms with E-state index >= 15 is 0 Å². The van der Waals surface area contributed by atoms with Crippen LogP contribution in [0.1, 0.15) is 20.8 Å². The van der Waals surface area contributed by atoms with Gasteiger partial charge in [-0.1, -0.05) is 0 Å². The van der Waals surface area contributed by atoms with Gasteiger partial charge in [0.1, 0.15) is 5.66 Å². The summed E-state index contributed by atoms with van der Waals surface area (Å²) >= 11 is 0. The van der Waals surface area contributed by atoms with Crippen molar-refractivity contribution < 1.29 is 0 Å². The molecule has 0 aromatic carbocycles. The van der Waals surface area contributed by atoms with Gasteiger partial charge in [0.05, 0.1) is 0 Å². The van der Waals surface area contributed by atoms with E-state index in [0.29, 0.717) is 6.04 Å². The summed E-state index contributed by atoms with van der Waals surface area (Å²) in [5.74, 6) is 0. The molecule has 0 spiro atoms. The average Bonchev–Trinajstić information content (AvgIpc) is 1.97. The third-order valence-electron chi connectivity index (χ3n) is 2.08. The van der Waals surface area contributed by atoms with E-state index in [-0.39, 0.29) is 5.66 Å². The average molecular weight is 126 g/mol. The highest BCUT2D eigenvalue weighted by molar-refractivity contribution is 5.66. The van der Waals surface area contributed by atoms with E-state index in [0.717, 1.165) is 0 Å². The lowest BCUT2D eigenvalue weighted by molar-refractivity contribution is 0.175. The van der Waals surface area contributed by atoms with Crippen LogP contribution in [0.4, 0.5) is 0 Å². The number of hydrogen-bond acceptors (Lipinski definition) is 2. The summed E-state index contributed by atoms with van der Waals surface area (Å²) in [6, 6.07) is 0.500. The van der Waals surface area contributed by atoms with Crippen molar-refractivity contribution >= 4 is 6.21 Å². The number of nitrogens with zero attached hydrogens (tertiary/aromatic N) is 2. The maximum absolute atomic E-state index is 4.33. The van der Waals surface area contributed by atoms with Crippen LogP contribution in [-0.2, 0) is 0 Å². The van der Waals surface area contributed by atoms with Gasteiger partial charge in [0, 0.05) is 12.3 Å². The molecule has 1 unspecified atom stereocenters. The molecule has 0 radical (unpaired) electrons. The molecule has 2 heteroatoms. The molecule has 1 atom stereocenters. The molecule has 1 rings (SSSR count). The number of rotatable bonds is 0. The monoisotopic (exact) mass is 126 g/mol. The maximum atomic E-state index is 4.33. The van der Waals surface area contributed by atoms with Gasteiger partial charge in [0.15, 0.2) is 0 Å². The number of aliphatic imine (C=N–C) groups is 1. The molecule has 0 N–H and O–H groups in total. The fourth-order valence-corrected chi connectivity index (χ4v) is 0.980. The summed E-state index contributed by atoms with van der Waals surface area (Å²) in [4.78, 5) is 6.57. The lowest BCUT2D eigenvalue weighted by Gasteiger charge is -2.28. The molecular weight excluding hydrogens is 112 g/mol. The predicted octanol–water partition coefficient (Wildman–Crippen LogP) is 1.13. The first-order valence-electron chi connectivity index (χ1n) is 3.32. The quantitative estimate of drug-likeness (QED) is 0.475. The van der Waals surface area contributed by atoms with Gasteiger partial charge in [-0.15, -0.1) is 0 Å². The van der Waals surface area contributed by atoms with E-state index in [1.807, 2.05) is 6.21 Å². The Kier molecular flexibility index (Phi) is 1.35. The molecule has 1 aliphatic heterocycles. The molecule has 1 aliphatic rings. The third-order valence-corrected chi connectivity index (χ3v) is 2.08. The van der Waals surface area contributed by atoms with E-state index in [4.69, 9.17) is 0 Å². The van der Waals surface area contributed by atoms with Crippen LogP contribution in [0.5, 0.6) is 0 Å². The Morgan fingerprint density at radius 1 is 1.56 bits per heavy atom. The molecule has 0 amide bonds. The highest BCUT2D eigenvalue weighted by Crippen LogP contribution is 2.20. The molecule has 0 bridgehead atoms. The van der Waals surface area contributed by atoms with Crippen molar-refractivity contribution in [1.29, 1.82) is 0 Å². The minimum atomic E-state index is 0.0272. The Hall–Kier alpha value is -0.370. The van der Waals surface area contributed by atoms with E-state index < -0.39 is 0 Å². The summed E-state index contributed by atoms with van der Waals surface area (Å²) in [5.41, 5.74) is 0.0272. The largest absolute Gasteiger partial charge is 0.275 e. The second-order valence-electron chi connectivity index (χ2n) is 3.12. The van der Waals surface area contributed by atoms with Crippen LogP contribution >= 0.6 is 0 Å². The van der Waals surface area contributed by atoms with Gasteiger partial charge >= 0.3 is 0 Å². The molecule has 0 aromatic rings. The first kappa shape index (κ1) is 6.75. The van der Waals surface area contributed by atoms with Gasteiger partial charge in [0.25, 0.3) is 0 Å².